The fraction of sp³-hybridized carbons (Fsp3) is 0.417. The molecule has 0 unspecified atom stereocenters. The van der Waals surface area contributed by atoms with Crippen molar-refractivity contribution >= 4 is 0 Å². The summed E-state index contributed by atoms with van der Waals surface area (Å²) < 4.78 is 18.7. The van der Waals surface area contributed by atoms with Gasteiger partial charge in [-0.3, -0.25) is 0 Å². The second-order valence-electron chi connectivity index (χ2n) is 3.35. The second kappa shape index (κ2) is 6.02. The lowest BCUT2D eigenvalue weighted by atomic mass is 10.2. The van der Waals surface area contributed by atoms with Crippen LogP contribution in [0.25, 0.3) is 0 Å². The topological polar surface area (TPSA) is 33.0 Å². The average Bonchev–Trinajstić information content (AvgIpc) is 2.24. The number of nitriles is 1. The number of unbranched alkanes of at least 4 members (excludes halogenated alkanes) is 2. The van der Waals surface area contributed by atoms with Gasteiger partial charge in [0.05, 0.1) is 12.7 Å². The van der Waals surface area contributed by atoms with Crippen molar-refractivity contribution in [2.45, 2.75) is 26.2 Å². The highest BCUT2D eigenvalue weighted by Gasteiger charge is 2.04. The Morgan fingerprint density at radius 1 is 1.40 bits per heavy atom. The number of aryl methyl sites for hydroxylation is 1. The van der Waals surface area contributed by atoms with Gasteiger partial charge in [-0.05, 0) is 31.4 Å². The molecule has 1 rings (SSSR count). The summed E-state index contributed by atoms with van der Waals surface area (Å²) >= 11 is 0. The lowest BCUT2D eigenvalue weighted by Crippen LogP contribution is -1.99. The fourth-order valence-corrected chi connectivity index (χ4v) is 1.22. The largest absolute Gasteiger partial charge is 0.491 e. The molecule has 0 saturated heterocycles. The van der Waals surface area contributed by atoms with Crippen molar-refractivity contribution in [1.82, 2.24) is 0 Å². The van der Waals surface area contributed by atoms with Gasteiger partial charge in [-0.2, -0.15) is 5.26 Å². The third-order valence-electron chi connectivity index (χ3n) is 2.10. The first kappa shape index (κ1) is 11.5. The molecule has 1 aromatic carbocycles. The molecule has 0 amide bonds. The van der Waals surface area contributed by atoms with E-state index in [1.165, 1.54) is 0 Å². The predicted molar refractivity (Wildman–Crippen MR) is 56.1 cm³/mol. The molecule has 15 heavy (non-hydrogen) atoms. The van der Waals surface area contributed by atoms with Gasteiger partial charge in [0.2, 0.25) is 0 Å². The second-order valence-corrected chi connectivity index (χ2v) is 3.35. The molecule has 0 aliphatic rings. The quantitative estimate of drug-likeness (QED) is 0.694. The molecule has 2 nitrogen and oxygen atoms in total. The first-order chi connectivity index (χ1) is 7.25. The van der Waals surface area contributed by atoms with Crippen LogP contribution in [0.3, 0.4) is 0 Å². The van der Waals surface area contributed by atoms with Crippen molar-refractivity contribution in [3.63, 3.8) is 0 Å². The summed E-state index contributed by atoms with van der Waals surface area (Å²) in [4.78, 5) is 0. The molecule has 1 aromatic rings. The van der Waals surface area contributed by atoms with Crippen LogP contribution in [-0.4, -0.2) is 6.61 Å². The first-order valence-corrected chi connectivity index (χ1v) is 5.00. The van der Waals surface area contributed by atoms with Gasteiger partial charge >= 0.3 is 0 Å². The number of hydrogen-bond donors (Lipinski definition) is 0. The van der Waals surface area contributed by atoms with Gasteiger partial charge in [0, 0.05) is 6.42 Å². The van der Waals surface area contributed by atoms with Gasteiger partial charge in [0.15, 0.2) is 11.6 Å². The lowest BCUT2D eigenvalue weighted by Gasteiger charge is -2.07. The van der Waals surface area contributed by atoms with E-state index in [9.17, 15) is 4.39 Å². The fourth-order valence-electron chi connectivity index (χ4n) is 1.22. The van der Waals surface area contributed by atoms with E-state index >= 15 is 0 Å². The number of halogens is 1. The van der Waals surface area contributed by atoms with Crippen LogP contribution in [-0.2, 0) is 0 Å². The molecule has 0 radical (unpaired) electrons. The molecule has 0 saturated carbocycles. The first-order valence-electron chi connectivity index (χ1n) is 5.00. The van der Waals surface area contributed by atoms with Crippen LogP contribution >= 0.6 is 0 Å². The number of benzene rings is 1. The Bertz CT molecular complexity index is 357. The van der Waals surface area contributed by atoms with Gasteiger partial charge in [-0.1, -0.05) is 12.1 Å². The van der Waals surface area contributed by atoms with Crippen LogP contribution in [0.1, 0.15) is 24.8 Å². The van der Waals surface area contributed by atoms with E-state index in [2.05, 4.69) is 6.07 Å². The van der Waals surface area contributed by atoms with E-state index in [1.807, 2.05) is 0 Å². The normalized spacial score (nSPS) is 9.67. The zero-order valence-corrected chi connectivity index (χ0v) is 8.79. The molecule has 0 aliphatic heterocycles. The summed E-state index contributed by atoms with van der Waals surface area (Å²) in [7, 11) is 0. The minimum atomic E-state index is -0.294. The Labute approximate surface area is 89.3 Å². The van der Waals surface area contributed by atoms with Crippen LogP contribution in [0.2, 0.25) is 0 Å². The van der Waals surface area contributed by atoms with Crippen LogP contribution < -0.4 is 4.74 Å². The molecule has 0 atom stereocenters. The van der Waals surface area contributed by atoms with Crippen molar-refractivity contribution in [2.75, 3.05) is 6.61 Å². The van der Waals surface area contributed by atoms with Crippen molar-refractivity contribution in [1.29, 1.82) is 5.26 Å². The molecule has 0 aliphatic carbocycles. The third-order valence-corrected chi connectivity index (χ3v) is 2.10. The molecular formula is C12H14FNO. The number of ether oxygens (including phenoxy) is 1. The monoisotopic (exact) mass is 207 g/mol. The van der Waals surface area contributed by atoms with Crippen molar-refractivity contribution in [2.24, 2.45) is 0 Å². The molecule has 0 bridgehead atoms. The summed E-state index contributed by atoms with van der Waals surface area (Å²) in [6.07, 6.45) is 2.10. The van der Waals surface area contributed by atoms with Gasteiger partial charge in [-0.25, -0.2) is 4.39 Å². The summed E-state index contributed by atoms with van der Waals surface area (Å²) in [5, 5.41) is 8.31. The van der Waals surface area contributed by atoms with Crippen molar-refractivity contribution in [3.05, 3.63) is 29.6 Å². The van der Waals surface area contributed by atoms with Gasteiger partial charge in [0.25, 0.3) is 0 Å². The molecular weight excluding hydrogens is 193 g/mol. The third kappa shape index (κ3) is 3.59. The van der Waals surface area contributed by atoms with E-state index in [-0.39, 0.29) is 5.82 Å². The van der Waals surface area contributed by atoms with Crippen LogP contribution in [0.5, 0.6) is 5.75 Å². The number of hydrogen-bond acceptors (Lipinski definition) is 2. The maximum Gasteiger partial charge on any atom is 0.167 e. The van der Waals surface area contributed by atoms with E-state index in [1.54, 1.807) is 25.1 Å². The predicted octanol–water partition coefficient (Wildman–Crippen LogP) is 3.21. The highest BCUT2D eigenvalue weighted by atomic mass is 19.1. The molecule has 80 valence electrons. The maximum absolute atomic E-state index is 13.4. The van der Waals surface area contributed by atoms with E-state index in [4.69, 9.17) is 10.00 Å². The Balaban J connectivity index is 2.38. The number of rotatable bonds is 5. The highest BCUT2D eigenvalue weighted by molar-refractivity contribution is 5.29. The standard InChI is InChI=1S/C12H14FNO/c1-10-6-5-7-11(12(10)13)15-9-4-2-3-8-14/h5-7H,2-4,9H2,1H3. The van der Waals surface area contributed by atoms with E-state index in [0.717, 1.165) is 12.8 Å². The van der Waals surface area contributed by atoms with Crippen LogP contribution in [0.15, 0.2) is 18.2 Å². The van der Waals surface area contributed by atoms with Crippen molar-refractivity contribution in [3.8, 4) is 11.8 Å². The average molecular weight is 207 g/mol. The summed E-state index contributed by atoms with van der Waals surface area (Å²) in [6, 6.07) is 7.15. The SMILES string of the molecule is Cc1cccc(OCCCCC#N)c1F. The van der Waals surface area contributed by atoms with Gasteiger partial charge in [-0.15, -0.1) is 0 Å². The Morgan fingerprint density at radius 2 is 2.20 bits per heavy atom. The smallest absolute Gasteiger partial charge is 0.167 e. The van der Waals surface area contributed by atoms with E-state index in [0.29, 0.717) is 24.3 Å². The lowest BCUT2D eigenvalue weighted by molar-refractivity contribution is 0.292. The summed E-state index contributed by atoms with van der Waals surface area (Å²) in [5.41, 5.74) is 0.588. The molecule has 0 heterocycles. The minimum Gasteiger partial charge on any atom is -0.491 e. The summed E-state index contributed by atoms with van der Waals surface area (Å²) in [5.74, 6) is 0.00439. The maximum atomic E-state index is 13.4. The van der Waals surface area contributed by atoms with E-state index < -0.39 is 0 Å². The van der Waals surface area contributed by atoms with Crippen LogP contribution in [0.4, 0.5) is 4.39 Å². The Morgan fingerprint density at radius 3 is 2.93 bits per heavy atom. The molecule has 0 fully saturated rings. The number of nitrogens with zero attached hydrogens (tertiary/aromatic N) is 1. The highest BCUT2D eigenvalue weighted by Crippen LogP contribution is 2.19. The molecule has 0 aromatic heterocycles. The van der Waals surface area contributed by atoms with Crippen molar-refractivity contribution < 1.29 is 9.13 Å². The molecule has 3 heteroatoms. The molecule has 0 spiro atoms. The zero-order valence-electron chi connectivity index (χ0n) is 8.79. The summed E-state index contributed by atoms with van der Waals surface area (Å²) in [6.45, 7) is 2.17. The zero-order chi connectivity index (χ0) is 11.1. The minimum absolute atomic E-state index is 0.294. The Hall–Kier alpha value is -1.56. The van der Waals surface area contributed by atoms with Crippen LogP contribution in [0, 0.1) is 24.1 Å². The molecule has 0 N–H and O–H groups in total. The van der Waals surface area contributed by atoms with Gasteiger partial charge < -0.3 is 4.74 Å². The van der Waals surface area contributed by atoms with Gasteiger partial charge in [0.1, 0.15) is 0 Å². The Kier molecular flexibility index (Phi) is 4.62.